The minimum Gasteiger partial charge on any atom is -0.381 e. The first-order valence-corrected chi connectivity index (χ1v) is 6.36. The SMILES string of the molecule is CC(C)OCCCOCCCNC(C)(C)C. The minimum absolute atomic E-state index is 0.213. The predicted octanol–water partition coefficient (Wildman–Crippen LogP) is 2.60. The molecule has 0 aliphatic carbocycles. The van der Waals surface area contributed by atoms with Crippen LogP contribution in [-0.2, 0) is 9.47 Å². The summed E-state index contributed by atoms with van der Waals surface area (Å²) in [6.07, 6.45) is 2.39. The number of hydrogen-bond donors (Lipinski definition) is 1. The van der Waals surface area contributed by atoms with Crippen LogP contribution in [0.1, 0.15) is 47.5 Å². The van der Waals surface area contributed by atoms with E-state index in [0.717, 1.165) is 39.2 Å². The standard InChI is InChI=1S/C13H29NO2/c1-12(2)16-11-7-10-15-9-6-8-14-13(3,4)5/h12,14H,6-11H2,1-5H3. The summed E-state index contributed by atoms with van der Waals surface area (Å²) < 4.78 is 10.9. The van der Waals surface area contributed by atoms with E-state index < -0.39 is 0 Å². The summed E-state index contributed by atoms with van der Waals surface area (Å²) in [7, 11) is 0. The zero-order valence-corrected chi connectivity index (χ0v) is 11.6. The molecule has 3 nitrogen and oxygen atoms in total. The normalized spacial score (nSPS) is 12.4. The Morgan fingerprint density at radius 1 is 1.00 bits per heavy atom. The highest BCUT2D eigenvalue weighted by atomic mass is 16.5. The molecule has 3 heteroatoms. The molecule has 16 heavy (non-hydrogen) atoms. The monoisotopic (exact) mass is 231 g/mol. The van der Waals surface area contributed by atoms with Crippen molar-refractivity contribution >= 4 is 0 Å². The van der Waals surface area contributed by atoms with Crippen LogP contribution in [0.3, 0.4) is 0 Å². The van der Waals surface area contributed by atoms with Crippen molar-refractivity contribution in [3.05, 3.63) is 0 Å². The molecule has 0 heterocycles. The van der Waals surface area contributed by atoms with Gasteiger partial charge in [0.2, 0.25) is 0 Å². The highest BCUT2D eigenvalue weighted by Crippen LogP contribution is 1.98. The average molecular weight is 231 g/mol. The van der Waals surface area contributed by atoms with E-state index in [9.17, 15) is 0 Å². The number of nitrogens with one attached hydrogen (secondary N) is 1. The third-order valence-corrected chi connectivity index (χ3v) is 2.00. The van der Waals surface area contributed by atoms with Gasteiger partial charge in [-0.15, -0.1) is 0 Å². The van der Waals surface area contributed by atoms with Gasteiger partial charge in [0.15, 0.2) is 0 Å². The first-order chi connectivity index (χ1) is 7.42. The third-order valence-electron chi connectivity index (χ3n) is 2.00. The molecule has 0 rings (SSSR count). The van der Waals surface area contributed by atoms with Gasteiger partial charge in [0, 0.05) is 25.4 Å². The van der Waals surface area contributed by atoms with Crippen molar-refractivity contribution in [2.75, 3.05) is 26.4 Å². The van der Waals surface area contributed by atoms with Gasteiger partial charge < -0.3 is 14.8 Å². The van der Waals surface area contributed by atoms with Gasteiger partial charge in [-0.25, -0.2) is 0 Å². The fourth-order valence-corrected chi connectivity index (χ4v) is 1.22. The van der Waals surface area contributed by atoms with E-state index in [4.69, 9.17) is 9.47 Å². The van der Waals surface area contributed by atoms with Crippen LogP contribution < -0.4 is 5.32 Å². The molecule has 0 aliphatic rings. The van der Waals surface area contributed by atoms with Crippen LogP contribution in [0.15, 0.2) is 0 Å². The molecule has 0 fully saturated rings. The van der Waals surface area contributed by atoms with E-state index in [2.05, 4.69) is 39.9 Å². The Kier molecular flexibility index (Phi) is 8.90. The molecule has 0 unspecified atom stereocenters. The predicted molar refractivity (Wildman–Crippen MR) is 68.9 cm³/mol. The fraction of sp³-hybridized carbons (Fsp3) is 1.00. The largest absolute Gasteiger partial charge is 0.381 e. The fourth-order valence-electron chi connectivity index (χ4n) is 1.22. The maximum Gasteiger partial charge on any atom is 0.0518 e. The third kappa shape index (κ3) is 13.9. The molecule has 0 amide bonds. The second-order valence-electron chi connectivity index (χ2n) is 5.42. The van der Waals surface area contributed by atoms with Crippen molar-refractivity contribution in [3.63, 3.8) is 0 Å². The summed E-state index contributed by atoms with van der Waals surface area (Å²) in [5, 5.41) is 3.43. The highest BCUT2D eigenvalue weighted by molar-refractivity contribution is 4.69. The van der Waals surface area contributed by atoms with Crippen molar-refractivity contribution in [1.29, 1.82) is 0 Å². The van der Waals surface area contributed by atoms with Gasteiger partial charge in [0.25, 0.3) is 0 Å². The Labute approximate surface area is 101 Å². The second-order valence-corrected chi connectivity index (χ2v) is 5.42. The Morgan fingerprint density at radius 2 is 1.62 bits per heavy atom. The summed E-state index contributed by atoms with van der Waals surface area (Å²) in [5.74, 6) is 0. The number of rotatable bonds is 9. The minimum atomic E-state index is 0.213. The first kappa shape index (κ1) is 15.9. The molecule has 0 saturated carbocycles. The van der Waals surface area contributed by atoms with E-state index in [0.29, 0.717) is 6.10 Å². The van der Waals surface area contributed by atoms with Crippen LogP contribution in [0.5, 0.6) is 0 Å². The molecule has 98 valence electrons. The van der Waals surface area contributed by atoms with Crippen molar-refractivity contribution in [3.8, 4) is 0 Å². The van der Waals surface area contributed by atoms with E-state index in [-0.39, 0.29) is 5.54 Å². The van der Waals surface area contributed by atoms with Crippen molar-refractivity contribution in [2.24, 2.45) is 0 Å². The topological polar surface area (TPSA) is 30.5 Å². The second kappa shape index (κ2) is 8.97. The summed E-state index contributed by atoms with van der Waals surface area (Å²) >= 11 is 0. The van der Waals surface area contributed by atoms with Gasteiger partial charge in [-0.3, -0.25) is 0 Å². The molecule has 0 aromatic heterocycles. The van der Waals surface area contributed by atoms with Crippen LogP contribution >= 0.6 is 0 Å². The van der Waals surface area contributed by atoms with Crippen LogP contribution in [0, 0.1) is 0 Å². The van der Waals surface area contributed by atoms with Crippen LogP contribution in [0.25, 0.3) is 0 Å². The first-order valence-electron chi connectivity index (χ1n) is 6.36. The van der Waals surface area contributed by atoms with E-state index >= 15 is 0 Å². The quantitative estimate of drug-likeness (QED) is 0.619. The van der Waals surface area contributed by atoms with E-state index in [1.807, 2.05) is 0 Å². The maximum absolute atomic E-state index is 5.51. The molecular formula is C13H29NO2. The van der Waals surface area contributed by atoms with Gasteiger partial charge in [-0.1, -0.05) is 0 Å². The maximum atomic E-state index is 5.51. The van der Waals surface area contributed by atoms with Crippen molar-refractivity contribution in [2.45, 2.75) is 59.1 Å². The number of ether oxygens (including phenoxy) is 2. The van der Waals surface area contributed by atoms with Gasteiger partial charge >= 0.3 is 0 Å². The lowest BCUT2D eigenvalue weighted by Gasteiger charge is -2.20. The lowest BCUT2D eigenvalue weighted by Crippen LogP contribution is -2.36. The van der Waals surface area contributed by atoms with Gasteiger partial charge in [-0.05, 0) is 54.0 Å². The average Bonchev–Trinajstić information content (AvgIpc) is 2.13. The molecule has 0 bridgehead atoms. The molecule has 0 spiro atoms. The molecule has 0 aromatic rings. The van der Waals surface area contributed by atoms with Gasteiger partial charge in [-0.2, -0.15) is 0 Å². The Hall–Kier alpha value is -0.120. The summed E-state index contributed by atoms with van der Waals surface area (Å²) in [4.78, 5) is 0. The summed E-state index contributed by atoms with van der Waals surface area (Å²) in [5.41, 5.74) is 0.213. The lowest BCUT2D eigenvalue weighted by molar-refractivity contribution is 0.0508. The Bertz CT molecular complexity index is 153. The van der Waals surface area contributed by atoms with E-state index in [1.54, 1.807) is 0 Å². The van der Waals surface area contributed by atoms with Crippen LogP contribution in [0.2, 0.25) is 0 Å². The summed E-state index contributed by atoms with van der Waals surface area (Å²) in [6, 6.07) is 0. The zero-order chi connectivity index (χ0) is 12.4. The number of hydrogen-bond acceptors (Lipinski definition) is 3. The van der Waals surface area contributed by atoms with Crippen LogP contribution in [-0.4, -0.2) is 38.0 Å². The smallest absolute Gasteiger partial charge is 0.0518 e. The van der Waals surface area contributed by atoms with Crippen LogP contribution in [0.4, 0.5) is 0 Å². The molecule has 0 aliphatic heterocycles. The van der Waals surface area contributed by atoms with Gasteiger partial charge in [0.05, 0.1) is 6.10 Å². The highest BCUT2D eigenvalue weighted by Gasteiger charge is 2.06. The molecular weight excluding hydrogens is 202 g/mol. The summed E-state index contributed by atoms with van der Waals surface area (Å²) in [6.45, 7) is 14.1. The van der Waals surface area contributed by atoms with Gasteiger partial charge in [0.1, 0.15) is 0 Å². The molecule has 1 N–H and O–H groups in total. The molecule has 0 saturated heterocycles. The van der Waals surface area contributed by atoms with Crippen molar-refractivity contribution < 1.29 is 9.47 Å². The molecule has 0 radical (unpaired) electrons. The van der Waals surface area contributed by atoms with Crippen molar-refractivity contribution in [1.82, 2.24) is 5.32 Å². The molecule has 0 atom stereocenters. The Balaban J connectivity index is 3.05. The molecule has 0 aromatic carbocycles. The Morgan fingerprint density at radius 3 is 2.19 bits per heavy atom. The lowest BCUT2D eigenvalue weighted by atomic mass is 10.1. The van der Waals surface area contributed by atoms with E-state index in [1.165, 1.54) is 0 Å². The zero-order valence-electron chi connectivity index (χ0n) is 11.6.